The van der Waals surface area contributed by atoms with E-state index >= 15 is 0 Å². The first-order valence-electron chi connectivity index (χ1n) is 7.71. The van der Waals surface area contributed by atoms with E-state index in [0.29, 0.717) is 6.42 Å². The lowest BCUT2D eigenvalue weighted by atomic mass is 9.70. The monoisotopic (exact) mass is 307 g/mol. The minimum absolute atomic E-state index is 0.246. The molecule has 5 rings (SSSR count). The summed E-state index contributed by atoms with van der Waals surface area (Å²) in [6.45, 7) is 2.05. The van der Waals surface area contributed by atoms with E-state index in [4.69, 9.17) is 4.74 Å². The Labute approximate surface area is 134 Å². The summed E-state index contributed by atoms with van der Waals surface area (Å²) in [7, 11) is 0. The van der Waals surface area contributed by atoms with Crippen LogP contribution in [0.2, 0.25) is 0 Å². The standard InChI is InChI=1S/C19H17NO3/c1-18-13-19(23-18,15-10-6-3-7-11-15)17(22)20(16(18)21)12-14-8-4-2-5-9-14/h2-11H,12-13H2,1H3. The highest BCUT2D eigenvalue weighted by Gasteiger charge is 2.69. The van der Waals surface area contributed by atoms with Crippen LogP contribution in [0.1, 0.15) is 24.5 Å². The maximum absolute atomic E-state index is 13.0. The van der Waals surface area contributed by atoms with E-state index < -0.39 is 11.2 Å². The maximum atomic E-state index is 13.0. The second-order valence-corrected chi connectivity index (χ2v) is 6.38. The second kappa shape index (κ2) is 4.77. The number of hydrogen-bond donors (Lipinski definition) is 0. The molecule has 23 heavy (non-hydrogen) atoms. The summed E-state index contributed by atoms with van der Waals surface area (Å²) >= 11 is 0. The van der Waals surface area contributed by atoms with Crippen molar-refractivity contribution in [3.8, 4) is 0 Å². The summed E-state index contributed by atoms with van der Waals surface area (Å²) in [5.74, 6) is -0.509. The summed E-state index contributed by atoms with van der Waals surface area (Å²) in [5, 5.41) is 0. The van der Waals surface area contributed by atoms with E-state index in [2.05, 4.69) is 0 Å². The third-order valence-corrected chi connectivity index (χ3v) is 4.70. The van der Waals surface area contributed by atoms with Crippen LogP contribution >= 0.6 is 0 Å². The molecule has 4 nitrogen and oxygen atoms in total. The Bertz CT molecular complexity index is 764. The molecule has 0 spiro atoms. The van der Waals surface area contributed by atoms with E-state index in [-0.39, 0.29) is 18.4 Å². The number of ether oxygens (including phenoxy) is 1. The van der Waals surface area contributed by atoms with Gasteiger partial charge < -0.3 is 4.74 Å². The Morgan fingerprint density at radius 1 is 0.957 bits per heavy atom. The van der Waals surface area contributed by atoms with E-state index in [0.717, 1.165) is 11.1 Å². The lowest BCUT2D eigenvalue weighted by molar-refractivity contribution is -0.281. The molecule has 3 fully saturated rings. The highest BCUT2D eigenvalue weighted by molar-refractivity contribution is 6.09. The predicted molar refractivity (Wildman–Crippen MR) is 84.2 cm³/mol. The van der Waals surface area contributed by atoms with Crippen molar-refractivity contribution in [2.75, 3.05) is 0 Å². The van der Waals surface area contributed by atoms with Crippen LogP contribution in [0.3, 0.4) is 0 Å². The van der Waals surface area contributed by atoms with Gasteiger partial charge in [0.15, 0.2) is 5.60 Å². The van der Waals surface area contributed by atoms with Crippen LogP contribution in [0.15, 0.2) is 60.7 Å². The van der Waals surface area contributed by atoms with Crippen molar-refractivity contribution in [1.82, 2.24) is 4.90 Å². The average molecular weight is 307 g/mol. The van der Waals surface area contributed by atoms with Crippen LogP contribution in [0.5, 0.6) is 0 Å². The number of hydrogen-bond acceptors (Lipinski definition) is 3. The van der Waals surface area contributed by atoms with Gasteiger partial charge in [-0.3, -0.25) is 14.5 Å². The van der Waals surface area contributed by atoms with Gasteiger partial charge in [-0.25, -0.2) is 0 Å². The molecule has 116 valence electrons. The average Bonchev–Trinajstić information content (AvgIpc) is 2.56. The highest BCUT2D eigenvalue weighted by Crippen LogP contribution is 2.54. The predicted octanol–water partition coefficient (Wildman–Crippen LogP) is 2.63. The van der Waals surface area contributed by atoms with Crippen LogP contribution in [0, 0.1) is 0 Å². The summed E-state index contributed by atoms with van der Waals surface area (Å²) in [6.07, 6.45) is 0.410. The first kappa shape index (κ1) is 14.2. The number of carbonyl (C=O) groups excluding carboxylic acids is 2. The van der Waals surface area contributed by atoms with Gasteiger partial charge in [-0.1, -0.05) is 60.7 Å². The number of piperidine rings is 1. The number of amides is 2. The molecule has 3 aliphatic rings. The molecule has 3 aliphatic heterocycles. The fraction of sp³-hybridized carbons (Fsp3) is 0.263. The normalized spacial score (nSPS) is 29.3. The number of benzene rings is 2. The Balaban J connectivity index is 1.71. The van der Waals surface area contributed by atoms with Crippen molar-refractivity contribution in [3.63, 3.8) is 0 Å². The van der Waals surface area contributed by atoms with Crippen LogP contribution in [0.4, 0.5) is 0 Å². The fourth-order valence-corrected chi connectivity index (χ4v) is 3.59. The molecular weight excluding hydrogens is 290 g/mol. The molecule has 2 amide bonds. The van der Waals surface area contributed by atoms with E-state index in [9.17, 15) is 9.59 Å². The molecule has 0 aliphatic carbocycles. The van der Waals surface area contributed by atoms with Crippen molar-refractivity contribution in [2.45, 2.75) is 31.1 Å². The third kappa shape index (κ3) is 1.95. The highest BCUT2D eigenvalue weighted by atomic mass is 16.6. The molecule has 0 N–H and O–H groups in total. The molecule has 0 saturated carbocycles. The van der Waals surface area contributed by atoms with Crippen molar-refractivity contribution in [2.24, 2.45) is 0 Å². The number of fused-ring (bicyclic) bond motifs is 2. The first-order chi connectivity index (χ1) is 11.1. The zero-order valence-corrected chi connectivity index (χ0v) is 12.9. The number of imide groups is 1. The zero-order chi connectivity index (χ0) is 16.1. The number of nitrogens with zero attached hydrogens (tertiary/aromatic N) is 1. The lowest BCUT2D eigenvalue weighted by Gasteiger charge is -2.59. The van der Waals surface area contributed by atoms with Crippen LogP contribution < -0.4 is 0 Å². The summed E-state index contributed by atoms with van der Waals surface area (Å²) in [6, 6.07) is 19.0. The van der Waals surface area contributed by atoms with Gasteiger partial charge in [0.05, 0.1) is 6.54 Å². The van der Waals surface area contributed by atoms with E-state index in [1.165, 1.54) is 4.90 Å². The first-order valence-corrected chi connectivity index (χ1v) is 7.71. The third-order valence-electron chi connectivity index (χ3n) is 4.70. The summed E-state index contributed by atoms with van der Waals surface area (Å²) < 4.78 is 5.89. The van der Waals surface area contributed by atoms with Crippen LogP contribution in [-0.2, 0) is 26.5 Å². The molecule has 2 aromatic carbocycles. The molecule has 2 unspecified atom stereocenters. The zero-order valence-electron chi connectivity index (χ0n) is 12.9. The second-order valence-electron chi connectivity index (χ2n) is 6.38. The molecule has 3 heterocycles. The van der Waals surface area contributed by atoms with Gasteiger partial charge >= 0.3 is 0 Å². The Hall–Kier alpha value is -2.46. The molecule has 3 saturated heterocycles. The molecule has 2 atom stereocenters. The Morgan fingerprint density at radius 2 is 1.52 bits per heavy atom. The van der Waals surface area contributed by atoms with Crippen molar-refractivity contribution in [3.05, 3.63) is 71.8 Å². The van der Waals surface area contributed by atoms with E-state index in [1.54, 1.807) is 6.92 Å². The number of morpholine rings is 1. The van der Waals surface area contributed by atoms with Crippen LogP contribution in [-0.4, -0.2) is 22.3 Å². The molecule has 4 heteroatoms. The largest absolute Gasteiger partial charge is 0.344 e. The van der Waals surface area contributed by atoms with Gasteiger partial charge in [0.1, 0.15) is 5.60 Å². The summed E-state index contributed by atoms with van der Waals surface area (Å²) in [4.78, 5) is 27.0. The van der Waals surface area contributed by atoms with Crippen molar-refractivity contribution >= 4 is 11.8 Å². The molecule has 0 aromatic heterocycles. The summed E-state index contributed by atoms with van der Waals surface area (Å²) in [5.41, 5.74) is -0.174. The quantitative estimate of drug-likeness (QED) is 0.819. The Morgan fingerprint density at radius 3 is 2.13 bits per heavy atom. The van der Waals surface area contributed by atoms with Gasteiger partial charge in [0.2, 0.25) is 0 Å². The minimum atomic E-state index is -1.02. The smallest absolute Gasteiger partial charge is 0.266 e. The van der Waals surface area contributed by atoms with Crippen molar-refractivity contribution in [1.29, 1.82) is 0 Å². The molecule has 0 radical (unpaired) electrons. The van der Waals surface area contributed by atoms with Gasteiger partial charge in [0, 0.05) is 6.42 Å². The fourth-order valence-electron chi connectivity index (χ4n) is 3.59. The van der Waals surface area contributed by atoms with Gasteiger partial charge in [0.25, 0.3) is 11.8 Å². The Kier molecular flexibility index (Phi) is 2.93. The molecule has 2 aromatic rings. The number of rotatable bonds is 3. The van der Waals surface area contributed by atoms with Gasteiger partial charge in [-0.15, -0.1) is 0 Å². The lowest BCUT2D eigenvalue weighted by Crippen LogP contribution is -2.75. The topological polar surface area (TPSA) is 46.6 Å². The van der Waals surface area contributed by atoms with E-state index in [1.807, 2.05) is 60.7 Å². The minimum Gasteiger partial charge on any atom is -0.344 e. The van der Waals surface area contributed by atoms with Crippen molar-refractivity contribution < 1.29 is 14.3 Å². The maximum Gasteiger partial charge on any atom is 0.266 e. The van der Waals surface area contributed by atoms with Gasteiger partial charge in [-0.2, -0.15) is 0 Å². The SMILES string of the molecule is CC12CC(c3ccccc3)(O1)C(=O)N(Cc1ccccc1)C2=O. The number of carbonyl (C=O) groups is 2. The molecule has 2 bridgehead atoms. The molecular formula is C19H17NO3. The van der Waals surface area contributed by atoms with Gasteiger partial charge in [-0.05, 0) is 18.1 Å². The van der Waals surface area contributed by atoms with Crippen LogP contribution in [0.25, 0.3) is 0 Å².